The summed E-state index contributed by atoms with van der Waals surface area (Å²) in [7, 11) is 0. The van der Waals surface area contributed by atoms with E-state index in [0.717, 1.165) is 62.2 Å². The van der Waals surface area contributed by atoms with Gasteiger partial charge in [0.1, 0.15) is 12.4 Å². The maximum absolute atomic E-state index is 12.2. The summed E-state index contributed by atoms with van der Waals surface area (Å²) in [6.45, 7) is 5.48. The third kappa shape index (κ3) is 7.24. The minimum absolute atomic E-state index is 0. The highest BCUT2D eigenvalue weighted by Crippen LogP contribution is 2.17. The maximum Gasteiger partial charge on any atom is 0.224 e. The van der Waals surface area contributed by atoms with E-state index in [0.29, 0.717) is 12.6 Å². The summed E-state index contributed by atoms with van der Waals surface area (Å²) in [4.78, 5) is 14.6. The third-order valence-electron chi connectivity index (χ3n) is 4.85. The Bertz CT molecular complexity index is 534. The van der Waals surface area contributed by atoms with Crippen molar-refractivity contribution in [3.63, 3.8) is 0 Å². The van der Waals surface area contributed by atoms with Gasteiger partial charge in [0.25, 0.3) is 0 Å². The molecule has 1 unspecified atom stereocenters. The van der Waals surface area contributed by atoms with E-state index < -0.39 is 0 Å². The molecular formula is C18H28BrCl2N3O2. The Labute approximate surface area is 176 Å². The quantitative estimate of drug-likeness (QED) is 0.673. The van der Waals surface area contributed by atoms with Gasteiger partial charge in [-0.15, -0.1) is 24.8 Å². The summed E-state index contributed by atoms with van der Waals surface area (Å²) < 4.78 is 6.85. The molecule has 8 heteroatoms. The molecule has 0 spiro atoms. The lowest BCUT2D eigenvalue weighted by atomic mass is 10.0. The lowest BCUT2D eigenvalue weighted by Crippen LogP contribution is -2.47. The van der Waals surface area contributed by atoms with Crippen LogP contribution in [0.2, 0.25) is 0 Å². The molecule has 3 rings (SSSR count). The Morgan fingerprint density at radius 2 is 1.88 bits per heavy atom. The second-order valence-corrected chi connectivity index (χ2v) is 7.53. The van der Waals surface area contributed by atoms with E-state index in [1.54, 1.807) is 0 Å². The van der Waals surface area contributed by atoms with Crippen molar-refractivity contribution in [3.8, 4) is 5.75 Å². The van der Waals surface area contributed by atoms with Crippen LogP contribution in [0.5, 0.6) is 5.75 Å². The van der Waals surface area contributed by atoms with Crippen LogP contribution in [0.4, 0.5) is 0 Å². The van der Waals surface area contributed by atoms with Gasteiger partial charge in [0.05, 0.1) is 5.92 Å². The zero-order valence-corrected chi connectivity index (χ0v) is 18.0. The molecule has 1 aromatic carbocycles. The highest BCUT2D eigenvalue weighted by molar-refractivity contribution is 9.10. The van der Waals surface area contributed by atoms with Gasteiger partial charge in [-0.25, -0.2) is 0 Å². The van der Waals surface area contributed by atoms with Crippen LogP contribution in [0, 0.1) is 5.92 Å². The van der Waals surface area contributed by atoms with E-state index in [1.165, 1.54) is 0 Å². The monoisotopic (exact) mass is 467 g/mol. The number of ether oxygens (including phenoxy) is 1. The number of carbonyl (C=O) groups excluding carboxylic acids is 1. The first-order chi connectivity index (χ1) is 11.7. The standard InChI is InChI=1S/C18H26BrN3O2.2ClH/c19-15-1-3-17(4-2-15)24-12-11-22-9-6-16(7-10-22)21-18(23)14-5-8-20-13-14;;/h1-4,14,16,20H,5-13H2,(H,21,23);2*1H. The second kappa shape index (κ2) is 12.0. The Morgan fingerprint density at radius 3 is 2.50 bits per heavy atom. The molecule has 0 aromatic heterocycles. The number of nitrogens with zero attached hydrogens (tertiary/aromatic N) is 1. The molecule has 2 aliphatic rings. The Kier molecular flexibility index (Phi) is 10.9. The van der Waals surface area contributed by atoms with Crippen molar-refractivity contribution >= 4 is 46.7 Å². The van der Waals surface area contributed by atoms with Crippen LogP contribution in [-0.2, 0) is 4.79 Å². The summed E-state index contributed by atoms with van der Waals surface area (Å²) in [5.74, 6) is 1.31. The van der Waals surface area contributed by atoms with Crippen LogP contribution < -0.4 is 15.4 Å². The first kappa shape index (κ1) is 23.5. The minimum atomic E-state index is 0. The number of carbonyl (C=O) groups is 1. The molecule has 1 atom stereocenters. The van der Waals surface area contributed by atoms with E-state index in [4.69, 9.17) is 4.74 Å². The predicted molar refractivity (Wildman–Crippen MR) is 113 cm³/mol. The van der Waals surface area contributed by atoms with Gasteiger partial charge in [-0.3, -0.25) is 9.69 Å². The first-order valence-corrected chi connectivity index (χ1v) is 9.62. The predicted octanol–water partition coefficient (Wildman–Crippen LogP) is 2.86. The number of rotatable bonds is 6. The molecule has 26 heavy (non-hydrogen) atoms. The summed E-state index contributed by atoms with van der Waals surface area (Å²) in [6.07, 6.45) is 3.03. The molecule has 2 N–H and O–H groups in total. The molecule has 1 aromatic rings. The van der Waals surface area contributed by atoms with Gasteiger partial charge in [-0.05, 0) is 50.1 Å². The van der Waals surface area contributed by atoms with E-state index in [9.17, 15) is 4.79 Å². The number of halogens is 3. The van der Waals surface area contributed by atoms with Crippen LogP contribution in [0.25, 0.3) is 0 Å². The number of nitrogens with one attached hydrogen (secondary N) is 2. The fourth-order valence-electron chi connectivity index (χ4n) is 3.32. The second-order valence-electron chi connectivity index (χ2n) is 6.62. The van der Waals surface area contributed by atoms with Gasteiger partial charge < -0.3 is 15.4 Å². The zero-order valence-electron chi connectivity index (χ0n) is 14.8. The maximum atomic E-state index is 12.2. The molecule has 1 amide bonds. The van der Waals surface area contributed by atoms with Crippen molar-refractivity contribution in [1.29, 1.82) is 0 Å². The molecule has 5 nitrogen and oxygen atoms in total. The van der Waals surface area contributed by atoms with Crippen LogP contribution in [0.15, 0.2) is 28.7 Å². The normalized spacial score (nSPS) is 20.7. The van der Waals surface area contributed by atoms with E-state index in [2.05, 4.69) is 31.5 Å². The van der Waals surface area contributed by atoms with Crippen molar-refractivity contribution < 1.29 is 9.53 Å². The number of benzene rings is 1. The van der Waals surface area contributed by atoms with Crippen LogP contribution in [0.1, 0.15) is 19.3 Å². The topological polar surface area (TPSA) is 53.6 Å². The molecule has 2 aliphatic heterocycles. The number of piperidine rings is 1. The number of likely N-dealkylation sites (tertiary alicyclic amines) is 1. The molecule has 2 heterocycles. The number of hydrogen-bond acceptors (Lipinski definition) is 4. The SMILES string of the molecule is Cl.Cl.O=C(NC1CCN(CCOc2ccc(Br)cc2)CC1)C1CCNC1. The highest BCUT2D eigenvalue weighted by atomic mass is 79.9. The average molecular weight is 469 g/mol. The molecule has 2 saturated heterocycles. The lowest BCUT2D eigenvalue weighted by molar-refractivity contribution is -0.125. The van der Waals surface area contributed by atoms with Crippen molar-refractivity contribution in [3.05, 3.63) is 28.7 Å². The first-order valence-electron chi connectivity index (χ1n) is 8.82. The fraction of sp³-hybridized carbons (Fsp3) is 0.611. The van der Waals surface area contributed by atoms with Crippen LogP contribution >= 0.6 is 40.7 Å². The summed E-state index contributed by atoms with van der Waals surface area (Å²) in [5, 5.41) is 6.48. The van der Waals surface area contributed by atoms with Crippen LogP contribution in [0.3, 0.4) is 0 Å². The molecule has 2 fully saturated rings. The molecule has 0 aliphatic carbocycles. The molecule has 148 valence electrons. The highest BCUT2D eigenvalue weighted by Gasteiger charge is 2.26. The molecular weight excluding hydrogens is 441 g/mol. The third-order valence-corrected chi connectivity index (χ3v) is 5.38. The zero-order chi connectivity index (χ0) is 16.8. The van der Waals surface area contributed by atoms with E-state index >= 15 is 0 Å². The van der Waals surface area contributed by atoms with Gasteiger partial charge in [0.2, 0.25) is 5.91 Å². The minimum Gasteiger partial charge on any atom is -0.492 e. The van der Waals surface area contributed by atoms with Crippen molar-refractivity contribution in [2.24, 2.45) is 5.92 Å². The van der Waals surface area contributed by atoms with E-state index in [1.807, 2.05) is 24.3 Å². The average Bonchev–Trinajstić information content (AvgIpc) is 3.13. The number of amides is 1. The van der Waals surface area contributed by atoms with E-state index in [-0.39, 0.29) is 36.6 Å². The summed E-state index contributed by atoms with van der Waals surface area (Å²) >= 11 is 3.42. The fourth-order valence-corrected chi connectivity index (χ4v) is 3.59. The molecule has 0 bridgehead atoms. The van der Waals surface area contributed by atoms with Crippen molar-refractivity contribution in [2.75, 3.05) is 39.3 Å². The van der Waals surface area contributed by atoms with Crippen molar-refractivity contribution in [1.82, 2.24) is 15.5 Å². The molecule has 0 radical (unpaired) electrons. The van der Waals surface area contributed by atoms with Gasteiger partial charge >= 0.3 is 0 Å². The number of hydrogen-bond donors (Lipinski definition) is 2. The summed E-state index contributed by atoms with van der Waals surface area (Å²) in [5.41, 5.74) is 0. The van der Waals surface area contributed by atoms with Crippen molar-refractivity contribution in [2.45, 2.75) is 25.3 Å². The van der Waals surface area contributed by atoms with Gasteiger partial charge in [0.15, 0.2) is 0 Å². The van der Waals surface area contributed by atoms with Gasteiger partial charge in [-0.2, -0.15) is 0 Å². The Morgan fingerprint density at radius 1 is 1.19 bits per heavy atom. The lowest BCUT2D eigenvalue weighted by Gasteiger charge is -2.32. The molecule has 0 saturated carbocycles. The van der Waals surface area contributed by atoms with Gasteiger partial charge in [0, 0.05) is 36.7 Å². The largest absolute Gasteiger partial charge is 0.492 e. The Hall–Kier alpha value is -0.530. The summed E-state index contributed by atoms with van der Waals surface area (Å²) in [6, 6.07) is 8.27. The smallest absolute Gasteiger partial charge is 0.224 e. The Balaban J connectivity index is 0.00000169. The van der Waals surface area contributed by atoms with Crippen LogP contribution in [-0.4, -0.2) is 56.2 Å². The van der Waals surface area contributed by atoms with Gasteiger partial charge in [-0.1, -0.05) is 15.9 Å².